The first kappa shape index (κ1) is 17.8. The Bertz CT molecular complexity index is 840. The maximum absolute atomic E-state index is 13.0. The summed E-state index contributed by atoms with van der Waals surface area (Å²) < 4.78 is 0. The Hall–Kier alpha value is -2.62. The van der Waals surface area contributed by atoms with Gasteiger partial charge in [-0.2, -0.15) is 0 Å². The molecule has 2 amide bonds. The first-order chi connectivity index (χ1) is 13.2. The van der Waals surface area contributed by atoms with Crippen molar-refractivity contribution < 1.29 is 9.59 Å². The van der Waals surface area contributed by atoms with Crippen LogP contribution in [0.2, 0.25) is 0 Å². The van der Waals surface area contributed by atoms with Crippen LogP contribution in [0.5, 0.6) is 0 Å². The fourth-order valence-corrected chi connectivity index (χ4v) is 4.16. The van der Waals surface area contributed by atoms with Crippen LogP contribution in [0.25, 0.3) is 0 Å². The molecule has 1 N–H and O–H groups in total. The van der Waals surface area contributed by atoms with E-state index in [2.05, 4.69) is 17.4 Å². The van der Waals surface area contributed by atoms with Gasteiger partial charge in [0.15, 0.2) is 0 Å². The minimum Gasteiger partial charge on any atom is -0.349 e. The predicted octanol–water partition coefficient (Wildman–Crippen LogP) is 3.95. The van der Waals surface area contributed by atoms with Crippen molar-refractivity contribution in [3.05, 3.63) is 70.8 Å². The molecule has 0 aromatic heterocycles. The van der Waals surface area contributed by atoms with E-state index in [9.17, 15) is 9.59 Å². The van der Waals surface area contributed by atoms with Crippen molar-refractivity contribution in [1.29, 1.82) is 0 Å². The Morgan fingerprint density at radius 3 is 2.44 bits per heavy atom. The highest BCUT2D eigenvalue weighted by Gasteiger charge is 2.23. The average Bonchev–Trinajstić information content (AvgIpc) is 2.73. The molecule has 1 aliphatic carbocycles. The number of nitrogens with one attached hydrogen (secondary N) is 1. The molecule has 27 heavy (non-hydrogen) atoms. The van der Waals surface area contributed by atoms with E-state index in [1.165, 1.54) is 30.4 Å². The second-order valence-electron chi connectivity index (χ2n) is 7.63. The van der Waals surface area contributed by atoms with Gasteiger partial charge in [-0.25, -0.2) is 0 Å². The molecule has 0 unspecified atom stereocenters. The summed E-state index contributed by atoms with van der Waals surface area (Å²) in [7, 11) is 0. The first-order valence-corrected chi connectivity index (χ1v) is 9.98. The van der Waals surface area contributed by atoms with Crippen molar-refractivity contribution >= 4 is 11.8 Å². The third kappa shape index (κ3) is 4.05. The number of hydrogen-bond acceptors (Lipinski definition) is 2. The van der Waals surface area contributed by atoms with Crippen LogP contribution in [0.4, 0.5) is 0 Å². The summed E-state index contributed by atoms with van der Waals surface area (Å²) in [6.45, 7) is 1.35. The number of hydrogen-bond donors (Lipinski definition) is 1. The molecule has 140 valence electrons. The van der Waals surface area contributed by atoms with Crippen LogP contribution in [0.3, 0.4) is 0 Å². The fraction of sp³-hybridized carbons (Fsp3) is 0.391. The van der Waals surface area contributed by atoms with Crippen LogP contribution in [0, 0.1) is 0 Å². The molecular weight excluding hydrogens is 336 g/mol. The molecule has 1 aliphatic heterocycles. The predicted molar refractivity (Wildman–Crippen MR) is 106 cm³/mol. The quantitative estimate of drug-likeness (QED) is 0.899. The Balaban J connectivity index is 1.45. The summed E-state index contributed by atoms with van der Waals surface area (Å²) in [6.07, 6.45) is 6.61. The second kappa shape index (κ2) is 7.95. The van der Waals surface area contributed by atoms with Gasteiger partial charge in [0.05, 0.1) is 0 Å². The van der Waals surface area contributed by atoms with E-state index in [1.54, 1.807) is 24.3 Å². The van der Waals surface area contributed by atoms with Gasteiger partial charge in [0.25, 0.3) is 11.8 Å². The first-order valence-electron chi connectivity index (χ1n) is 9.98. The van der Waals surface area contributed by atoms with Crippen molar-refractivity contribution in [3.8, 4) is 0 Å². The van der Waals surface area contributed by atoms with E-state index in [0.717, 1.165) is 19.3 Å². The second-order valence-corrected chi connectivity index (χ2v) is 7.63. The number of nitrogens with zero attached hydrogens (tertiary/aromatic N) is 1. The number of amides is 2. The zero-order valence-electron chi connectivity index (χ0n) is 15.6. The van der Waals surface area contributed by atoms with Crippen molar-refractivity contribution in [1.82, 2.24) is 10.2 Å². The van der Waals surface area contributed by atoms with E-state index in [0.29, 0.717) is 24.2 Å². The monoisotopic (exact) mass is 362 g/mol. The highest BCUT2D eigenvalue weighted by Crippen LogP contribution is 2.21. The Labute approximate surface area is 160 Å². The molecule has 4 rings (SSSR count). The van der Waals surface area contributed by atoms with Crippen molar-refractivity contribution in [2.24, 2.45) is 0 Å². The molecule has 2 aliphatic rings. The molecule has 1 saturated carbocycles. The standard InChI is InChI=1S/C23H26N2O2/c26-22(24-21-11-2-1-3-12-21)18-9-6-10-19(15-18)23(27)25-14-13-17-7-4-5-8-20(17)16-25/h4-10,15,21H,1-3,11-14,16H2,(H,24,26). The van der Waals surface area contributed by atoms with Crippen LogP contribution < -0.4 is 5.32 Å². The molecular formula is C23H26N2O2. The molecule has 4 nitrogen and oxygen atoms in total. The summed E-state index contributed by atoms with van der Waals surface area (Å²) in [5.41, 5.74) is 3.69. The molecule has 0 saturated heterocycles. The van der Waals surface area contributed by atoms with Crippen LogP contribution in [0.15, 0.2) is 48.5 Å². The van der Waals surface area contributed by atoms with E-state index in [4.69, 9.17) is 0 Å². The van der Waals surface area contributed by atoms with Gasteiger partial charge in [-0.1, -0.05) is 49.6 Å². The van der Waals surface area contributed by atoms with Gasteiger partial charge >= 0.3 is 0 Å². The molecule has 4 heteroatoms. The highest BCUT2D eigenvalue weighted by molar-refractivity contribution is 5.99. The highest BCUT2D eigenvalue weighted by atomic mass is 16.2. The van der Waals surface area contributed by atoms with Crippen LogP contribution in [0.1, 0.15) is 63.9 Å². The molecule has 1 heterocycles. The maximum Gasteiger partial charge on any atom is 0.254 e. The van der Waals surface area contributed by atoms with Gasteiger partial charge < -0.3 is 10.2 Å². The molecule has 2 aromatic carbocycles. The Morgan fingerprint density at radius 2 is 1.63 bits per heavy atom. The van der Waals surface area contributed by atoms with E-state index in [1.807, 2.05) is 17.0 Å². The normalized spacial score (nSPS) is 17.3. The number of carbonyl (C=O) groups is 2. The molecule has 0 bridgehead atoms. The lowest BCUT2D eigenvalue weighted by molar-refractivity contribution is 0.0734. The van der Waals surface area contributed by atoms with E-state index < -0.39 is 0 Å². The Kier molecular flexibility index (Phi) is 5.23. The Morgan fingerprint density at radius 1 is 0.889 bits per heavy atom. The molecule has 1 fully saturated rings. The molecule has 0 radical (unpaired) electrons. The lowest BCUT2D eigenvalue weighted by Crippen LogP contribution is -2.37. The van der Waals surface area contributed by atoms with E-state index in [-0.39, 0.29) is 17.9 Å². The molecule has 0 spiro atoms. The fourth-order valence-electron chi connectivity index (χ4n) is 4.16. The van der Waals surface area contributed by atoms with Gasteiger partial charge in [0, 0.05) is 30.3 Å². The topological polar surface area (TPSA) is 49.4 Å². The zero-order valence-corrected chi connectivity index (χ0v) is 15.6. The average molecular weight is 362 g/mol. The van der Waals surface area contributed by atoms with Gasteiger partial charge in [-0.05, 0) is 48.6 Å². The minimum absolute atomic E-state index is 0.00294. The third-order valence-electron chi connectivity index (χ3n) is 5.73. The number of benzene rings is 2. The largest absolute Gasteiger partial charge is 0.349 e. The minimum atomic E-state index is -0.0689. The maximum atomic E-state index is 13.0. The lowest BCUT2D eigenvalue weighted by atomic mass is 9.95. The van der Waals surface area contributed by atoms with Crippen LogP contribution >= 0.6 is 0 Å². The summed E-state index contributed by atoms with van der Waals surface area (Å²) in [4.78, 5) is 27.4. The smallest absolute Gasteiger partial charge is 0.254 e. The lowest BCUT2D eigenvalue weighted by Gasteiger charge is -2.29. The van der Waals surface area contributed by atoms with Gasteiger partial charge in [0.1, 0.15) is 0 Å². The van der Waals surface area contributed by atoms with E-state index >= 15 is 0 Å². The van der Waals surface area contributed by atoms with Crippen molar-refractivity contribution in [3.63, 3.8) is 0 Å². The summed E-state index contributed by atoms with van der Waals surface area (Å²) in [5.74, 6) is -0.0719. The van der Waals surface area contributed by atoms with Crippen molar-refractivity contribution in [2.45, 2.75) is 51.1 Å². The van der Waals surface area contributed by atoms with Gasteiger partial charge in [-0.3, -0.25) is 9.59 Å². The van der Waals surface area contributed by atoms with Crippen molar-refractivity contribution in [2.75, 3.05) is 6.54 Å². The number of fused-ring (bicyclic) bond motifs is 1. The zero-order chi connectivity index (χ0) is 18.6. The van der Waals surface area contributed by atoms with Gasteiger partial charge in [0.2, 0.25) is 0 Å². The molecule has 2 aromatic rings. The molecule has 0 atom stereocenters. The van der Waals surface area contributed by atoms with Crippen LogP contribution in [-0.2, 0) is 13.0 Å². The number of rotatable bonds is 3. The van der Waals surface area contributed by atoms with Gasteiger partial charge in [-0.15, -0.1) is 0 Å². The summed E-state index contributed by atoms with van der Waals surface area (Å²) >= 11 is 0. The summed E-state index contributed by atoms with van der Waals surface area (Å²) in [5, 5.41) is 3.13. The SMILES string of the molecule is O=C(NC1CCCCC1)c1cccc(C(=O)N2CCc3ccccc3C2)c1. The van der Waals surface area contributed by atoms with Crippen LogP contribution in [-0.4, -0.2) is 29.3 Å². The summed E-state index contributed by atoms with van der Waals surface area (Å²) in [6, 6.07) is 15.7. The third-order valence-corrected chi connectivity index (χ3v) is 5.73. The number of carbonyl (C=O) groups excluding carboxylic acids is 2.